The number of ketones is 1. The summed E-state index contributed by atoms with van der Waals surface area (Å²) in [6.45, 7) is 1.60. The monoisotopic (exact) mass is 394 g/mol. The predicted molar refractivity (Wildman–Crippen MR) is 98.7 cm³/mol. The van der Waals surface area contributed by atoms with Gasteiger partial charge in [0.25, 0.3) is 0 Å². The molecular weight excluding hydrogens is 373 g/mol. The summed E-state index contributed by atoms with van der Waals surface area (Å²) in [6, 6.07) is 1.02. The molecule has 4 fully saturated rings. The smallest absolute Gasteiger partial charge is 0.397 e. The van der Waals surface area contributed by atoms with Crippen LogP contribution in [0.5, 0.6) is 0 Å². The van der Waals surface area contributed by atoms with Gasteiger partial charge in [-0.3, -0.25) is 4.79 Å². The van der Waals surface area contributed by atoms with Crippen LogP contribution in [0.15, 0.2) is 6.07 Å². The number of aromatic nitrogens is 1. The van der Waals surface area contributed by atoms with Crippen molar-refractivity contribution in [3.63, 3.8) is 0 Å². The van der Waals surface area contributed by atoms with Crippen LogP contribution in [0.1, 0.15) is 59.5 Å². The van der Waals surface area contributed by atoms with Crippen molar-refractivity contribution >= 4 is 33.0 Å². The Balaban J connectivity index is 1.60. The van der Waals surface area contributed by atoms with Crippen LogP contribution in [0.4, 0.5) is 18.9 Å². The number of nitrogens with two attached hydrogens (primary N) is 1. The Morgan fingerprint density at radius 1 is 1.19 bits per heavy atom. The standard InChI is InChI=1S/C20H21F3N2OS/c1-9-2-13(20(21,22)23)25-18-14(9)15(24)16(27-18)17(26)19-6-10-3-11(7-19)5-12(4-10)8-19/h2,10-12H,3-8,24H2,1H3. The Morgan fingerprint density at radius 3 is 2.26 bits per heavy atom. The number of fused-ring (bicyclic) bond motifs is 1. The Kier molecular flexibility index (Phi) is 3.53. The number of nitrogen functional groups attached to an aromatic ring is 1. The number of carbonyl (C=O) groups excluding carboxylic acids is 1. The largest absolute Gasteiger partial charge is 0.433 e. The van der Waals surface area contributed by atoms with Crippen molar-refractivity contribution in [1.29, 1.82) is 0 Å². The molecule has 27 heavy (non-hydrogen) atoms. The fourth-order valence-corrected chi connectivity index (χ4v) is 7.49. The molecule has 144 valence electrons. The van der Waals surface area contributed by atoms with Crippen molar-refractivity contribution in [2.75, 3.05) is 5.73 Å². The molecule has 2 aromatic heterocycles. The third kappa shape index (κ3) is 2.53. The Morgan fingerprint density at radius 2 is 1.74 bits per heavy atom. The average molecular weight is 394 g/mol. The minimum atomic E-state index is -4.51. The summed E-state index contributed by atoms with van der Waals surface area (Å²) < 4.78 is 39.3. The van der Waals surface area contributed by atoms with Gasteiger partial charge >= 0.3 is 6.18 Å². The number of anilines is 1. The van der Waals surface area contributed by atoms with Crippen molar-refractivity contribution < 1.29 is 18.0 Å². The van der Waals surface area contributed by atoms with E-state index in [9.17, 15) is 18.0 Å². The molecule has 2 N–H and O–H groups in total. The van der Waals surface area contributed by atoms with Gasteiger partial charge < -0.3 is 5.73 Å². The van der Waals surface area contributed by atoms with E-state index in [4.69, 9.17) is 5.73 Å². The van der Waals surface area contributed by atoms with Gasteiger partial charge in [0.05, 0.1) is 10.6 Å². The first-order valence-corrected chi connectivity index (χ1v) is 10.3. The fourth-order valence-electron chi connectivity index (χ4n) is 6.25. The molecule has 0 aliphatic heterocycles. The molecule has 0 aromatic carbocycles. The number of alkyl halides is 3. The first-order chi connectivity index (χ1) is 12.7. The van der Waals surface area contributed by atoms with Crippen LogP contribution in [-0.4, -0.2) is 10.8 Å². The van der Waals surface area contributed by atoms with Gasteiger partial charge in [0.2, 0.25) is 0 Å². The second-order valence-corrected chi connectivity index (χ2v) is 9.87. The first-order valence-electron chi connectivity index (χ1n) is 9.48. The normalized spacial score (nSPS) is 32.4. The fraction of sp³-hybridized carbons (Fsp3) is 0.600. The van der Waals surface area contributed by atoms with Crippen molar-refractivity contribution in [2.45, 2.75) is 51.6 Å². The number of rotatable bonds is 2. The summed E-state index contributed by atoms with van der Waals surface area (Å²) in [5.74, 6) is 1.91. The Bertz CT molecular complexity index is 927. The molecule has 0 radical (unpaired) electrons. The number of carbonyl (C=O) groups is 1. The summed E-state index contributed by atoms with van der Waals surface area (Å²) in [5, 5.41) is 0.501. The van der Waals surface area contributed by atoms with E-state index in [1.54, 1.807) is 6.92 Å². The second-order valence-electron chi connectivity index (χ2n) is 8.87. The SMILES string of the molecule is Cc1cc(C(F)(F)F)nc2sc(C(=O)C34CC5CC(CC(C5)C3)C4)c(N)c12. The number of Topliss-reactive ketones (excluding diaryl/α,β-unsaturated/α-hetero) is 1. The maximum Gasteiger partial charge on any atom is 0.433 e. The van der Waals surface area contributed by atoms with E-state index in [1.807, 2.05) is 0 Å². The number of pyridine rings is 1. The maximum atomic E-state index is 13.6. The molecule has 0 atom stereocenters. The number of hydrogen-bond acceptors (Lipinski definition) is 4. The molecule has 3 nitrogen and oxygen atoms in total. The molecule has 4 bridgehead atoms. The van der Waals surface area contributed by atoms with Gasteiger partial charge in [0, 0.05) is 10.8 Å². The van der Waals surface area contributed by atoms with Crippen LogP contribution in [0.3, 0.4) is 0 Å². The minimum absolute atomic E-state index is 0.0510. The summed E-state index contributed by atoms with van der Waals surface area (Å²) in [6.07, 6.45) is 1.89. The van der Waals surface area contributed by atoms with Gasteiger partial charge in [-0.15, -0.1) is 11.3 Å². The van der Waals surface area contributed by atoms with Crippen LogP contribution >= 0.6 is 11.3 Å². The number of thiophene rings is 1. The molecule has 0 spiro atoms. The lowest BCUT2D eigenvalue weighted by atomic mass is 9.48. The van der Waals surface area contributed by atoms with Gasteiger partial charge in [-0.25, -0.2) is 4.98 Å². The molecule has 0 saturated heterocycles. The predicted octanol–water partition coefficient (Wildman–Crippen LogP) is 5.60. The molecule has 2 aromatic rings. The van der Waals surface area contributed by atoms with E-state index in [2.05, 4.69) is 4.98 Å². The van der Waals surface area contributed by atoms with Crippen molar-refractivity contribution in [3.05, 3.63) is 22.2 Å². The third-order valence-electron chi connectivity index (χ3n) is 6.91. The highest BCUT2D eigenvalue weighted by atomic mass is 32.1. The quantitative estimate of drug-likeness (QED) is 0.674. The van der Waals surface area contributed by atoms with Crippen LogP contribution in [-0.2, 0) is 6.18 Å². The van der Waals surface area contributed by atoms with Gasteiger partial charge in [-0.05, 0) is 74.8 Å². The summed E-state index contributed by atoms with van der Waals surface area (Å²) in [7, 11) is 0. The molecule has 0 unspecified atom stereocenters. The summed E-state index contributed by atoms with van der Waals surface area (Å²) in [4.78, 5) is 18.0. The molecule has 6 rings (SSSR count). The molecule has 4 aliphatic carbocycles. The van der Waals surface area contributed by atoms with E-state index in [-0.39, 0.29) is 16.0 Å². The second kappa shape index (κ2) is 5.46. The molecular formula is C20H21F3N2OS. The molecule has 7 heteroatoms. The van der Waals surface area contributed by atoms with E-state index >= 15 is 0 Å². The van der Waals surface area contributed by atoms with Gasteiger partial charge in [0.15, 0.2) is 5.78 Å². The lowest BCUT2D eigenvalue weighted by molar-refractivity contribution is -0.141. The van der Waals surface area contributed by atoms with Crippen LogP contribution in [0.25, 0.3) is 10.2 Å². The lowest BCUT2D eigenvalue weighted by Crippen LogP contribution is -2.49. The average Bonchev–Trinajstić information content (AvgIpc) is 2.89. The Hall–Kier alpha value is -1.63. The van der Waals surface area contributed by atoms with Crippen LogP contribution < -0.4 is 5.73 Å². The highest BCUT2D eigenvalue weighted by Gasteiger charge is 2.55. The maximum absolute atomic E-state index is 13.6. The third-order valence-corrected chi connectivity index (χ3v) is 8.01. The summed E-state index contributed by atoms with van der Waals surface area (Å²) in [5.41, 5.74) is 5.74. The number of hydrogen-bond donors (Lipinski definition) is 1. The first kappa shape index (κ1) is 17.5. The van der Waals surface area contributed by atoms with Crippen molar-refractivity contribution in [3.8, 4) is 0 Å². The topological polar surface area (TPSA) is 56.0 Å². The van der Waals surface area contributed by atoms with E-state index in [1.165, 1.54) is 19.3 Å². The zero-order valence-electron chi connectivity index (χ0n) is 15.0. The Labute approximate surface area is 159 Å². The van der Waals surface area contributed by atoms with Gasteiger partial charge in [-0.2, -0.15) is 13.2 Å². The highest BCUT2D eigenvalue weighted by Crippen LogP contribution is 2.61. The van der Waals surface area contributed by atoms with Gasteiger partial charge in [0.1, 0.15) is 10.5 Å². The number of aryl methyl sites for hydroxylation is 1. The van der Waals surface area contributed by atoms with E-state index in [0.29, 0.717) is 39.3 Å². The molecule has 4 aliphatic rings. The van der Waals surface area contributed by atoms with E-state index in [0.717, 1.165) is 36.7 Å². The minimum Gasteiger partial charge on any atom is -0.397 e. The van der Waals surface area contributed by atoms with E-state index < -0.39 is 11.9 Å². The number of halogens is 3. The van der Waals surface area contributed by atoms with Crippen LogP contribution in [0.2, 0.25) is 0 Å². The van der Waals surface area contributed by atoms with Crippen LogP contribution in [0, 0.1) is 30.1 Å². The highest BCUT2D eigenvalue weighted by molar-refractivity contribution is 7.21. The molecule has 2 heterocycles. The zero-order valence-corrected chi connectivity index (χ0v) is 15.8. The van der Waals surface area contributed by atoms with Crippen molar-refractivity contribution in [1.82, 2.24) is 4.98 Å². The van der Waals surface area contributed by atoms with Crippen molar-refractivity contribution in [2.24, 2.45) is 23.2 Å². The summed E-state index contributed by atoms with van der Waals surface area (Å²) >= 11 is 1.04. The lowest BCUT2D eigenvalue weighted by Gasteiger charge is -2.55. The number of nitrogens with zero attached hydrogens (tertiary/aromatic N) is 1. The van der Waals surface area contributed by atoms with Gasteiger partial charge in [-0.1, -0.05) is 0 Å². The molecule has 0 amide bonds. The zero-order chi connectivity index (χ0) is 19.1. The molecule has 4 saturated carbocycles.